The monoisotopic (exact) mass is 647 g/mol. The van der Waals surface area contributed by atoms with Crippen LogP contribution in [0.4, 0.5) is 5.13 Å². The Kier molecular flexibility index (Phi) is 8.21. The molecular formula is C27H31N6O9S2+. The molecule has 44 heavy (non-hydrogen) atoms. The number of thiazole rings is 1. The molecule has 1 aliphatic carbocycles. The second-order valence-electron chi connectivity index (χ2n) is 11.4. The van der Waals surface area contributed by atoms with Crippen LogP contribution in [-0.2, 0) is 30.4 Å². The zero-order valence-electron chi connectivity index (χ0n) is 23.7. The Bertz CT molecular complexity index is 1600. The summed E-state index contributed by atoms with van der Waals surface area (Å²) in [6.07, 6.45) is 0.990. The number of oxime groups is 1. The molecule has 2 fully saturated rings. The number of fused-ring (bicyclic) bond motifs is 1. The molecule has 1 aromatic heterocycles. The number of phenolic OH excluding ortho intramolecular Hbond substituents is 2. The number of nitrogens with zero attached hydrogens (tertiary/aromatic N) is 4. The summed E-state index contributed by atoms with van der Waals surface area (Å²) >= 11 is 2.35. The molecular weight excluding hydrogens is 616 g/mol. The van der Waals surface area contributed by atoms with Crippen molar-refractivity contribution in [2.45, 2.75) is 36.3 Å². The molecule has 5 rings (SSSR count). The molecule has 1 aromatic carbocycles. The van der Waals surface area contributed by atoms with Gasteiger partial charge in [-0.25, -0.2) is 14.6 Å². The summed E-state index contributed by atoms with van der Waals surface area (Å²) in [5.74, 6) is -4.06. The van der Waals surface area contributed by atoms with Crippen LogP contribution in [0, 0.1) is 0 Å². The highest BCUT2D eigenvalue weighted by Gasteiger charge is 2.56. The summed E-state index contributed by atoms with van der Waals surface area (Å²) in [5, 5.41) is 46.1. The van der Waals surface area contributed by atoms with Crippen molar-refractivity contribution in [2.24, 2.45) is 5.16 Å². The lowest BCUT2D eigenvalue weighted by atomic mass is 10.0. The molecule has 1 saturated heterocycles. The van der Waals surface area contributed by atoms with E-state index in [1.807, 2.05) is 14.1 Å². The number of likely N-dealkylation sites (N-methyl/N-ethyl adjacent to an activating group) is 1. The number of phenols is 2. The molecule has 2 aromatic rings. The Morgan fingerprint density at radius 3 is 2.55 bits per heavy atom. The predicted molar refractivity (Wildman–Crippen MR) is 159 cm³/mol. The Morgan fingerprint density at radius 1 is 1.23 bits per heavy atom. The molecule has 234 valence electrons. The standard InChI is InChI=1S/C27H30N6O9S2/c1-33(2,8-5-13-3-4-16(34)17(35)9-13)10-14-11-43-23-19(22(37)32(23)20(14)24(38)39)30-21(36)18(15-12-44-26(28)29-15)31-42-27(6-7-27)25(40)41/h3-4,9,12,19,23H,5-8,10-11H2,1-2H3,(H6-,28,29,30,31,34,35,36,38,39,40,41)/p+1. The number of β-lactam (4-membered cyclic amide) rings is 1. The van der Waals surface area contributed by atoms with Gasteiger partial charge in [-0.3, -0.25) is 14.5 Å². The van der Waals surface area contributed by atoms with Gasteiger partial charge < -0.3 is 40.8 Å². The highest BCUT2D eigenvalue weighted by atomic mass is 32.2. The smallest absolute Gasteiger partial charge is 0.352 e. The molecule has 2 atom stereocenters. The maximum atomic E-state index is 13.3. The maximum Gasteiger partial charge on any atom is 0.352 e. The molecule has 0 radical (unpaired) electrons. The predicted octanol–water partition coefficient (Wildman–Crippen LogP) is 0.532. The summed E-state index contributed by atoms with van der Waals surface area (Å²) < 4.78 is 0.385. The van der Waals surface area contributed by atoms with Crippen molar-refractivity contribution < 1.29 is 48.9 Å². The molecule has 2 aliphatic heterocycles. The van der Waals surface area contributed by atoms with Gasteiger partial charge in [0.2, 0.25) is 5.60 Å². The zero-order chi connectivity index (χ0) is 32.0. The van der Waals surface area contributed by atoms with E-state index < -0.39 is 40.8 Å². The first-order valence-electron chi connectivity index (χ1n) is 13.5. The van der Waals surface area contributed by atoms with Gasteiger partial charge in [0.05, 0.1) is 20.6 Å². The lowest BCUT2D eigenvalue weighted by Gasteiger charge is -2.49. The van der Waals surface area contributed by atoms with Crippen LogP contribution in [0.3, 0.4) is 0 Å². The topological polar surface area (TPSA) is 225 Å². The van der Waals surface area contributed by atoms with Gasteiger partial charge in [-0.15, -0.1) is 23.1 Å². The molecule has 0 bridgehead atoms. The Morgan fingerprint density at radius 2 is 1.95 bits per heavy atom. The number of aliphatic carboxylic acids is 2. The highest BCUT2D eigenvalue weighted by Crippen LogP contribution is 2.42. The second kappa shape index (κ2) is 11.6. The first-order chi connectivity index (χ1) is 20.7. The van der Waals surface area contributed by atoms with Crippen LogP contribution in [0.5, 0.6) is 11.5 Å². The fraction of sp³-hybridized carbons (Fsp3) is 0.407. The second-order valence-corrected chi connectivity index (χ2v) is 13.4. The van der Waals surface area contributed by atoms with Crippen molar-refractivity contribution >= 4 is 57.7 Å². The molecule has 7 N–H and O–H groups in total. The molecule has 15 nitrogen and oxygen atoms in total. The lowest BCUT2D eigenvalue weighted by Crippen LogP contribution is -2.71. The number of quaternary nitrogens is 1. The highest BCUT2D eigenvalue weighted by molar-refractivity contribution is 8.00. The number of aromatic hydroxyl groups is 2. The summed E-state index contributed by atoms with van der Waals surface area (Å²) in [4.78, 5) is 60.9. The van der Waals surface area contributed by atoms with Crippen LogP contribution >= 0.6 is 23.1 Å². The molecule has 3 aliphatic rings. The number of aromatic nitrogens is 1. The number of nitrogens with two attached hydrogens (primary N) is 1. The fourth-order valence-electron chi connectivity index (χ4n) is 4.96. The van der Waals surface area contributed by atoms with Crippen molar-refractivity contribution in [1.82, 2.24) is 15.2 Å². The summed E-state index contributed by atoms with van der Waals surface area (Å²) in [5.41, 5.74) is 5.12. The van der Waals surface area contributed by atoms with Crippen molar-refractivity contribution in [1.29, 1.82) is 0 Å². The van der Waals surface area contributed by atoms with Crippen LogP contribution in [0.15, 0.2) is 40.0 Å². The van der Waals surface area contributed by atoms with Gasteiger partial charge in [0, 0.05) is 36.0 Å². The van der Waals surface area contributed by atoms with E-state index in [1.165, 1.54) is 34.2 Å². The van der Waals surface area contributed by atoms with Crippen LogP contribution < -0.4 is 11.1 Å². The maximum absolute atomic E-state index is 13.3. The van der Waals surface area contributed by atoms with E-state index in [1.54, 1.807) is 6.07 Å². The van der Waals surface area contributed by atoms with Gasteiger partial charge in [-0.1, -0.05) is 11.2 Å². The van der Waals surface area contributed by atoms with Gasteiger partial charge >= 0.3 is 11.9 Å². The van der Waals surface area contributed by atoms with Gasteiger partial charge in [-0.2, -0.15) is 0 Å². The lowest BCUT2D eigenvalue weighted by molar-refractivity contribution is -0.885. The minimum Gasteiger partial charge on any atom is -0.504 e. The minimum absolute atomic E-state index is 0.0436. The van der Waals surface area contributed by atoms with Crippen molar-refractivity contribution in [3.8, 4) is 11.5 Å². The Labute approximate surface area is 259 Å². The van der Waals surface area contributed by atoms with Gasteiger partial charge in [-0.05, 0) is 17.7 Å². The first-order valence-corrected chi connectivity index (χ1v) is 15.4. The number of nitrogens with one attached hydrogen (secondary N) is 1. The normalized spacial score (nSPS) is 20.9. The Balaban J connectivity index is 1.29. The average Bonchev–Trinajstić information content (AvgIpc) is 3.64. The van der Waals surface area contributed by atoms with Crippen molar-refractivity contribution in [2.75, 3.05) is 38.7 Å². The van der Waals surface area contributed by atoms with Gasteiger partial charge in [0.1, 0.15) is 29.4 Å². The molecule has 3 heterocycles. The zero-order valence-corrected chi connectivity index (χ0v) is 25.4. The summed E-state index contributed by atoms with van der Waals surface area (Å²) in [6, 6.07) is 3.52. The van der Waals surface area contributed by atoms with Crippen molar-refractivity contribution in [3.63, 3.8) is 0 Å². The summed E-state index contributed by atoms with van der Waals surface area (Å²) in [7, 11) is 3.85. The van der Waals surface area contributed by atoms with E-state index >= 15 is 0 Å². The number of hydrogen-bond acceptors (Lipinski definition) is 12. The van der Waals surface area contributed by atoms with E-state index in [0.717, 1.165) is 16.9 Å². The first kappa shape index (κ1) is 31.1. The fourth-order valence-corrected chi connectivity index (χ4v) is 6.84. The number of carboxylic acid groups (broad SMARTS) is 2. The molecule has 17 heteroatoms. The van der Waals surface area contributed by atoms with Crippen molar-refractivity contribution in [3.05, 3.63) is 46.1 Å². The van der Waals surface area contributed by atoms with Crippen LogP contribution in [0.1, 0.15) is 24.1 Å². The number of carboxylic acids is 2. The number of amides is 2. The third-order valence-electron chi connectivity index (χ3n) is 7.59. The molecule has 0 spiro atoms. The number of thioether (sulfide) groups is 1. The van der Waals surface area contributed by atoms with Crippen LogP contribution in [0.25, 0.3) is 0 Å². The number of anilines is 1. The van der Waals surface area contributed by atoms with E-state index in [-0.39, 0.29) is 46.6 Å². The van der Waals surface area contributed by atoms with Gasteiger partial charge in [0.15, 0.2) is 22.3 Å². The number of carbonyl (C=O) groups excluding carboxylic acids is 2. The third-order valence-corrected chi connectivity index (χ3v) is 9.60. The number of carbonyl (C=O) groups is 4. The van der Waals surface area contributed by atoms with Gasteiger partial charge in [0.25, 0.3) is 11.8 Å². The van der Waals surface area contributed by atoms with E-state index in [9.17, 15) is 39.6 Å². The number of benzene rings is 1. The van der Waals surface area contributed by atoms with Crippen LogP contribution in [0.2, 0.25) is 0 Å². The molecule has 1 saturated carbocycles. The van der Waals surface area contributed by atoms with E-state index in [0.29, 0.717) is 35.3 Å². The minimum atomic E-state index is -1.52. The summed E-state index contributed by atoms with van der Waals surface area (Å²) in [6.45, 7) is 0.909. The number of hydrogen-bond donors (Lipinski definition) is 6. The van der Waals surface area contributed by atoms with E-state index in [4.69, 9.17) is 10.6 Å². The molecule has 2 unspecified atom stereocenters. The Hall–Kier alpha value is -4.35. The average molecular weight is 648 g/mol. The molecule has 2 amide bonds. The third kappa shape index (κ3) is 6.15. The largest absolute Gasteiger partial charge is 0.504 e. The van der Waals surface area contributed by atoms with Crippen LogP contribution in [-0.4, -0.2) is 114 Å². The van der Waals surface area contributed by atoms with E-state index in [2.05, 4.69) is 15.5 Å². The number of rotatable bonds is 12. The SMILES string of the molecule is C[N+](C)(CCc1ccc(O)c(O)c1)CC1=C(C(=O)O)N2C(=O)C(NC(=O)/C(=N\OC3(C(=O)O)CC3)c3csc(N)n3)C2SC1. The quantitative estimate of drug-likeness (QED) is 0.0610. The number of nitrogen functional groups attached to an aromatic ring is 1.